The summed E-state index contributed by atoms with van der Waals surface area (Å²) < 4.78 is 0. The van der Waals surface area contributed by atoms with Gasteiger partial charge in [0.15, 0.2) is 5.13 Å². The summed E-state index contributed by atoms with van der Waals surface area (Å²) in [6.07, 6.45) is 1.67. The number of nitrogens with zero attached hydrogens (tertiary/aromatic N) is 1. The molecule has 0 aliphatic carbocycles. The third-order valence-corrected chi connectivity index (χ3v) is 3.37. The second-order valence-electron chi connectivity index (χ2n) is 2.99. The number of nitrogen functional groups attached to an aromatic ring is 1. The van der Waals surface area contributed by atoms with Crippen molar-refractivity contribution in [2.24, 2.45) is 0 Å². The van der Waals surface area contributed by atoms with Crippen LogP contribution in [0.15, 0.2) is 23.0 Å². The van der Waals surface area contributed by atoms with Gasteiger partial charge in [-0.1, -0.05) is 11.3 Å². The van der Waals surface area contributed by atoms with Crippen LogP contribution in [0.1, 0.15) is 18.5 Å². The number of nitrogens with one attached hydrogen (secondary N) is 1. The highest BCUT2D eigenvalue weighted by molar-refractivity contribution is 7.19. The van der Waals surface area contributed by atoms with Crippen LogP contribution >= 0.6 is 22.7 Å². The molecule has 2 aromatic heterocycles. The van der Waals surface area contributed by atoms with E-state index >= 15 is 0 Å². The zero-order chi connectivity index (χ0) is 9.97. The minimum atomic E-state index is 0.284. The van der Waals surface area contributed by atoms with Gasteiger partial charge in [0.25, 0.3) is 0 Å². The molecule has 3 nitrogen and oxygen atoms in total. The van der Waals surface area contributed by atoms with E-state index in [2.05, 4.69) is 34.1 Å². The molecule has 74 valence electrons. The molecular weight excluding hydrogens is 214 g/mol. The third-order valence-electron chi connectivity index (χ3n) is 1.91. The van der Waals surface area contributed by atoms with Crippen LogP contribution in [0.25, 0.3) is 0 Å². The molecule has 3 N–H and O–H groups in total. The van der Waals surface area contributed by atoms with Gasteiger partial charge >= 0.3 is 0 Å². The van der Waals surface area contributed by atoms with Crippen molar-refractivity contribution in [2.75, 3.05) is 11.1 Å². The second-order valence-corrected chi connectivity index (χ2v) is 4.83. The molecule has 0 saturated heterocycles. The Morgan fingerprint density at radius 3 is 3.00 bits per heavy atom. The lowest BCUT2D eigenvalue weighted by molar-refractivity contribution is 0.887. The fraction of sp³-hybridized carbons (Fsp3) is 0.222. The molecule has 5 heteroatoms. The lowest BCUT2D eigenvalue weighted by atomic mass is 10.2. The Bertz CT molecular complexity index is 394. The van der Waals surface area contributed by atoms with E-state index < -0.39 is 0 Å². The van der Waals surface area contributed by atoms with E-state index in [1.165, 1.54) is 16.9 Å². The molecule has 0 radical (unpaired) electrons. The van der Waals surface area contributed by atoms with E-state index in [-0.39, 0.29) is 6.04 Å². The zero-order valence-electron chi connectivity index (χ0n) is 7.73. The monoisotopic (exact) mass is 225 g/mol. The van der Waals surface area contributed by atoms with Gasteiger partial charge in [-0.05, 0) is 29.3 Å². The minimum absolute atomic E-state index is 0.284. The summed E-state index contributed by atoms with van der Waals surface area (Å²) in [5.74, 6) is 0. The number of thiophene rings is 1. The van der Waals surface area contributed by atoms with Crippen LogP contribution in [-0.2, 0) is 0 Å². The molecule has 2 heterocycles. The molecule has 0 aliphatic rings. The van der Waals surface area contributed by atoms with Gasteiger partial charge in [-0.25, -0.2) is 4.98 Å². The largest absolute Gasteiger partial charge is 0.389 e. The number of rotatable bonds is 3. The SMILES string of the molecule is CC(Nc1ncc(N)s1)c1ccsc1. The molecule has 0 aliphatic heterocycles. The van der Waals surface area contributed by atoms with E-state index in [1.807, 2.05) is 0 Å². The van der Waals surface area contributed by atoms with Gasteiger partial charge in [-0.15, -0.1) is 0 Å². The van der Waals surface area contributed by atoms with Gasteiger partial charge in [0.05, 0.1) is 12.2 Å². The average molecular weight is 225 g/mol. The van der Waals surface area contributed by atoms with E-state index in [0.29, 0.717) is 0 Å². The van der Waals surface area contributed by atoms with Crippen LogP contribution in [0.2, 0.25) is 0 Å². The lowest BCUT2D eigenvalue weighted by Gasteiger charge is -2.10. The lowest BCUT2D eigenvalue weighted by Crippen LogP contribution is -2.04. The number of hydrogen-bond acceptors (Lipinski definition) is 5. The van der Waals surface area contributed by atoms with Gasteiger partial charge < -0.3 is 11.1 Å². The van der Waals surface area contributed by atoms with Crippen molar-refractivity contribution in [3.63, 3.8) is 0 Å². The second kappa shape index (κ2) is 3.98. The summed E-state index contributed by atoms with van der Waals surface area (Å²) in [4.78, 5) is 4.15. The van der Waals surface area contributed by atoms with Gasteiger partial charge in [0, 0.05) is 0 Å². The minimum Gasteiger partial charge on any atom is -0.389 e. The Balaban J connectivity index is 2.05. The molecule has 0 saturated carbocycles. The molecule has 0 aromatic carbocycles. The van der Waals surface area contributed by atoms with Crippen molar-refractivity contribution in [2.45, 2.75) is 13.0 Å². The first-order valence-electron chi connectivity index (χ1n) is 4.25. The van der Waals surface area contributed by atoms with Crippen molar-refractivity contribution in [3.8, 4) is 0 Å². The Kier molecular flexibility index (Phi) is 2.69. The van der Waals surface area contributed by atoms with Crippen LogP contribution in [0, 0.1) is 0 Å². The summed E-state index contributed by atoms with van der Waals surface area (Å²) in [6, 6.07) is 2.39. The van der Waals surface area contributed by atoms with Crippen molar-refractivity contribution in [3.05, 3.63) is 28.6 Å². The molecule has 0 bridgehead atoms. The van der Waals surface area contributed by atoms with E-state index in [9.17, 15) is 0 Å². The molecule has 14 heavy (non-hydrogen) atoms. The zero-order valence-corrected chi connectivity index (χ0v) is 9.36. The molecular formula is C9H11N3S2. The molecule has 0 amide bonds. The fourth-order valence-corrected chi connectivity index (χ4v) is 2.57. The molecule has 0 fully saturated rings. The normalized spacial score (nSPS) is 12.6. The quantitative estimate of drug-likeness (QED) is 0.844. The van der Waals surface area contributed by atoms with Gasteiger partial charge in [0.2, 0.25) is 0 Å². The van der Waals surface area contributed by atoms with E-state index in [0.717, 1.165) is 10.1 Å². The number of aromatic nitrogens is 1. The first-order valence-corrected chi connectivity index (χ1v) is 6.01. The van der Waals surface area contributed by atoms with Crippen molar-refractivity contribution in [1.82, 2.24) is 4.98 Å². The maximum atomic E-state index is 5.59. The number of anilines is 2. The highest BCUT2D eigenvalue weighted by Gasteiger charge is 2.07. The van der Waals surface area contributed by atoms with Crippen LogP contribution < -0.4 is 11.1 Å². The summed E-state index contributed by atoms with van der Waals surface area (Å²) >= 11 is 3.17. The highest BCUT2D eigenvalue weighted by atomic mass is 32.1. The average Bonchev–Trinajstić information content (AvgIpc) is 2.75. The predicted molar refractivity (Wildman–Crippen MR) is 62.9 cm³/mol. The van der Waals surface area contributed by atoms with E-state index in [4.69, 9.17) is 5.73 Å². The molecule has 2 aromatic rings. The van der Waals surface area contributed by atoms with Crippen molar-refractivity contribution >= 4 is 32.8 Å². The topological polar surface area (TPSA) is 50.9 Å². The maximum Gasteiger partial charge on any atom is 0.185 e. The van der Waals surface area contributed by atoms with Crippen molar-refractivity contribution in [1.29, 1.82) is 0 Å². The van der Waals surface area contributed by atoms with Crippen LogP contribution in [0.4, 0.5) is 10.1 Å². The maximum absolute atomic E-state index is 5.59. The summed E-state index contributed by atoms with van der Waals surface area (Å²) in [7, 11) is 0. The molecule has 1 unspecified atom stereocenters. The Hall–Kier alpha value is -1.07. The summed E-state index contributed by atoms with van der Waals surface area (Å²) in [5.41, 5.74) is 6.87. The number of nitrogens with two attached hydrogens (primary N) is 1. The molecule has 0 spiro atoms. The Morgan fingerprint density at radius 2 is 2.43 bits per heavy atom. The Morgan fingerprint density at radius 1 is 1.57 bits per heavy atom. The smallest absolute Gasteiger partial charge is 0.185 e. The fourth-order valence-electron chi connectivity index (χ4n) is 1.14. The van der Waals surface area contributed by atoms with Gasteiger partial charge in [-0.2, -0.15) is 11.3 Å². The van der Waals surface area contributed by atoms with Crippen LogP contribution in [0.3, 0.4) is 0 Å². The van der Waals surface area contributed by atoms with Crippen LogP contribution in [0.5, 0.6) is 0 Å². The van der Waals surface area contributed by atoms with E-state index in [1.54, 1.807) is 17.5 Å². The number of hydrogen-bond donors (Lipinski definition) is 2. The van der Waals surface area contributed by atoms with Gasteiger partial charge in [-0.3, -0.25) is 0 Å². The number of thiazole rings is 1. The highest BCUT2D eigenvalue weighted by Crippen LogP contribution is 2.25. The predicted octanol–water partition coefficient (Wildman–Crippen LogP) is 2.96. The summed E-state index contributed by atoms with van der Waals surface area (Å²) in [5, 5.41) is 9.12. The Labute approximate surface area is 90.6 Å². The van der Waals surface area contributed by atoms with Crippen molar-refractivity contribution < 1.29 is 0 Å². The first-order chi connectivity index (χ1) is 6.75. The van der Waals surface area contributed by atoms with Gasteiger partial charge in [0.1, 0.15) is 5.00 Å². The molecule has 2 rings (SSSR count). The molecule has 1 atom stereocenters. The first kappa shape index (κ1) is 9.48. The standard InChI is InChI=1S/C9H11N3S2/c1-6(7-2-3-13-5-7)12-9-11-4-8(10)14-9/h2-6H,10H2,1H3,(H,11,12). The van der Waals surface area contributed by atoms with Crippen LogP contribution in [-0.4, -0.2) is 4.98 Å². The third kappa shape index (κ3) is 2.05. The summed E-state index contributed by atoms with van der Waals surface area (Å²) in [6.45, 7) is 2.11.